The predicted octanol–water partition coefficient (Wildman–Crippen LogP) is 1.85. The maximum Gasteiger partial charge on any atom is 0.255 e. The van der Waals surface area contributed by atoms with E-state index in [4.69, 9.17) is 0 Å². The number of carbonyl (C=O) groups excluding carboxylic acids is 1. The Labute approximate surface area is 139 Å². The van der Waals surface area contributed by atoms with Gasteiger partial charge in [0.15, 0.2) is 0 Å². The van der Waals surface area contributed by atoms with Crippen molar-refractivity contribution in [3.63, 3.8) is 0 Å². The first-order chi connectivity index (χ1) is 11.7. The summed E-state index contributed by atoms with van der Waals surface area (Å²) in [5.41, 5.74) is 2.62. The number of pyridine rings is 1. The molecule has 0 saturated carbocycles. The Hall–Kier alpha value is -2.83. The number of carbonyl (C=O) groups is 1. The van der Waals surface area contributed by atoms with Gasteiger partial charge in [-0.25, -0.2) is 9.50 Å². The van der Waals surface area contributed by atoms with Crippen molar-refractivity contribution in [3.05, 3.63) is 53.9 Å². The van der Waals surface area contributed by atoms with Crippen molar-refractivity contribution in [2.45, 2.75) is 25.7 Å². The van der Waals surface area contributed by atoms with E-state index in [9.17, 15) is 4.79 Å². The molecule has 1 atom stereocenters. The Morgan fingerprint density at radius 2 is 2.29 bits per heavy atom. The minimum atomic E-state index is 0.0356. The molecule has 3 aromatic heterocycles. The van der Waals surface area contributed by atoms with E-state index < -0.39 is 0 Å². The third-order valence-corrected chi connectivity index (χ3v) is 4.44. The third kappa shape index (κ3) is 2.62. The van der Waals surface area contributed by atoms with E-state index in [2.05, 4.69) is 20.1 Å². The van der Waals surface area contributed by atoms with Crippen LogP contribution in [0, 0.1) is 6.92 Å². The topological polar surface area (TPSA) is 76.3 Å². The summed E-state index contributed by atoms with van der Waals surface area (Å²) in [6.45, 7) is 3.40. The zero-order valence-corrected chi connectivity index (χ0v) is 13.5. The van der Waals surface area contributed by atoms with Gasteiger partial charge >= 0.3 is 0 Å². The molecule has 7 nitrogen and oxygen atoms in total. The average Bonchev–Trinajstić information content (AvgIpc) is 3.09. The summed E-state index contributed by atoms with van der Waals surface area (Å²) in [4.78, 5) is 27.2. The number of aromatic nitrogens is 5. The van der Waals surface area contributed by atoms with Crippen molar-refractivity contribution in [1.29, 1.82) is 0 Å². The highest BCUT2D eigenvalue weighted by Crippen LogP contribution is 2.28. The molecule has 1 saturated heterocycles. The van der Waals surface area contributed by atoms with E-state index in [0.29, 0.717) is 17.9 Å². The van der Waals surface area contributed by atoms with Crippen LogP contribution in [-0.4, -0.2) is 48.5 Å². The molecule has 7 heteroatoms. The lowest BCUT2D eigenvalue weighted by Gasteiger charge is -2.33. The highest BCUT2D eigenvalue weighted by Gasteiger charge is 2.27. The number of aryl methyl sites for hydroxylation is 1. The minimum Gasteiger partial charge on any atom is -0.338 e. The molecule has 122 valence electrons. The lowest BCUT2D eigenvalue weighted by molar-refractivity contribution is 0.0704. The van der Waals surface area contributed by atoms with Gasteiger partial charge in [-0.15, -0.1) is 0 Å². The van der Waals surface area contributed by atoms with Crippen LogP contribution in [-0.2, 0) is 0 Å². The molecule has 3 aromatic rings. The fourth-order valence-corrected chi connectivity index (χ4v) is 3.32. The van der Waals surface area contributed by atoms with Gasteiger partial charge in [0.1, 0.15) is 6.33 Å². The lowest BCUT2D eigenvalue weighted by atomic mass is 9.93. The molecule has 4 rings (SSSR count). The Morgan fingerprint density at radius 3 is 3.12 bits per heavy atom. The lowest BCUT2D eigenvalue weighted by Crippen LogP contribution is -2.39. The summed E-state index contributed by atoms with van der Waals surface area (Å²) in [5, 5.41) is 4.29. The van der Waals surface area contributed by atoms with E-state index in [1.165, 1.54) is 6.33 Å². The molecule has 24 heavy (non-hydrogen) atoms. The second kappa shape index (κ2) is 5.99. The number of likely N-dealkylation sites (tertiary alicyclic amines) is 1. The molecule has 1 aliphatic heterocycles. The first kappa shape index (κ1) is 14.7. The van der Waals surface area contributed by atoms with Crippen LogP contribution in [0.2, 0.25) is 0 Å². The highest BCUT2D eigenvalue weighted by atomic mass is 16.2. The minimum absolute atomic E-state index is 0.0356. The van der Waals surface area contributed by atoms with Crippen molar-refractivity contribution in [3.8, 4) is 0 Å². The molecule has 0 aromatic carbocycles. The van der Waals surface area contributed by atoms with E-state index in [1.54, 1.807) is 23.0 Å². The molecule has 0 aliphatic carbocycles. The fraction of sp³-hybridized carbons (Fsp3) is 0.353. The van der Waals surface area contributed by atoms with Gasteiger partial charge in [0, 0.05) is 37.1 Å². The van der Waals surface area contributed by atoms with Crippen LogP contribution >= 0.6 is 0 Å². The van der Waals surface area contributed by atoms with Crippen LogP contribution in [0.4, 0.5) is 0 Å². The molecule has 0 bridgehead atoms. The molecule has 1 fully saturated rings. The Bertz CT molecular complexity index is 875. The van der Waals surface area contributed by atoms with Gasteiger partial charge in [0.2, 0.25) is 0 Å². The summed E-state index contributed by atoms with van der Waals surface area (Å²) < 4.78 is 1.79. The molecule has 1 unspecified atom stereocenters. The van der Waals surface area contributed by atoms with Crippen LogP contribution in [0.1, 0.15) is 40.5 Å². The molecule has 4 heterocycles. The smallest absolute Gasteiger partial charge is 0.255 e. The number of nitrogens with zero attached hydrogens (tertiary/aromatic N) is 6. The van der Waals surface area contributed by atoms with Crippen LogP contribution in [0.3, 0.4) is 0 Å². The Kier molecular flexibility index (Phi) is 3.68. The van der Waals surface area contributed by atoms with E-state index >= 15 is 0 Å². The summed E-state index contributed by atoms with van der Waals surface area (Å²) in [6, 6.07) is 5.65. The zero-order valence-electron chi connectivity index (χ0n) is 13.5. The molecule has 0 N–H and O–H groups in total. The molecular weight excluding hydrogens is 304 g/mol. The van der Waals surface area contributed by atoms with Crippen molar-refractivity contribution in [2.24, 2.45) is 0 Å². The first-order valence-electron chi connectivity index (χ1n) is 8.09. The molecule has 1 aliphatic rings. The van der Waals surface area contributed by atoms with Crippen LogP contribution in [0.15, 0.2) is 36.9 Å². The van der Waals surface area contributed by atoms with Crippen molar-refractivity contribution in [1.82, 2.24) is 29.5 Å². The van der Waals surface area contributed by atoms with Crippen LogP contribution < -0.4 is 0 Å². The standard InChI is InChI=1S/C17H18N6O/c1-12-8-15(23-17(21-12)19-11-20-23)14-5-3-7-22(10-14)16(24)13-4-2-6-18-9-13/h2,4,6,8-9,11,14H,3,5,7,10H2,1H3. The number of amides is 1. The number of fused-ring (bicyclic) bond motifs is 1. The number of hydrogen-bond donors (Lipinski definition) is 0. The monoisotopic (exact) mass is 322 g/mol. The van der Waals surface area contributed by atoms with Gasteiger partial charge in [-0.1, -0.05) is 0 Å². The highest BCUT2D eigenvalue weighted by molar-refractivity contribution is 5.94. The Balaban J connectivity index is 1.63. The number of hydrogen-bond acceptors (Lipinski definition) is 5. The summed E-state index contributed by atoms with van der Waals surface area (Å²) >= 11 is 0. The second-order valence-electron chi connectivity index (χ2n) is 6.13. The Morgan fingerprint density at radius 1 is 1.38 bits per heavy atom. The van der Waals surface area contributed by atoms with E-state index in [0.717, 1.165) is 30.8 Å². The first-order valence-corrected chi connectivity index (χ1v) is 8.09. The molecule has 0 radical (unpaired) electrons. The van der Waals surface area contributed by atoms with Crippen molar-refractivity contribution < 1.29 is 4.79 Å². The fourth-order valence-electron chi connectivity index (χ4n) is 3.32. The molecular formula is C17H18N6O. The zero-order chi connectivity index (χ0) is 16.5. The summed E-state index contributed by atoms with van der Waals surface area (Å²) in [5.74, 6) is 0.874. The molecule has 0 spiro atoms. The van der Waals surface area contributed by atoms with E-state index in [1.807, 2.05) is 24.0 Å². The normalized spacial score (nSPS) is 18.0. The van der Waals surface area contributed by atoms with Gasteiger partial charge in [-0.2, -0.15) is 10.1 Å². The average molecular weight is 322 g/mol. The summed E-state index contributed by atoms with van der Waals surface area (Å²) in [6.07, 6.45) is 6.81. The van der Waals surface area contributed by atoms with Gasteiger partial charge in [0.25, 0.3) is 11.7 Å². The van der Waals surface area contributed by atoms with Crippen molar-refractivity contribution in [2.75, 3.05) is 13.1 Å². The number of rotatable bonds is 2. The van der Waals surface area contributed by atoms with Crippen molar-refractivity contribution >= 4 is 11.7 Å². The predicted molar refractivity (Wildman–Crippen MR) is 87.6 cm³/mol. The number of piperidine rings is 1. The summed E-state index contributed by atoms with van der Waals surface area (Å²) in [7, 11) is 0. The second-order valence-corrected chi connectivity index (χ2v) is 6.13. The van der Waals surface area contributed by atoms with Gasteiger partial charge in [0.05, 0.1) is 11.3 Å². The largest absolute Gasteiger partial charge is 0.338 e. The van der Waals surface area contributed by atoms with Gasteiger partial charge in [-0.3, -0.25) is 9.78 Å². The third-order valence-electron chi connectivity index (χ3n) is 4.44. The van der Waals surface area contributed by atoms with Crippen LogP contribution in [0.5, 0.6) is 0 Å². The van der Waals surface area contributed by atoms with E-state index in [-0.39, 0.29) is 11.8 Å². The molecule has 1 amide bonds. The maximum atomic E-state index is 12.7. The maximum absolute atomic E-state index is 12.7. The van der Waals surface area contributed by atoms with Crippen LogP contribution in [0.25, 0.3) is 5.78 Å². The quantitative estimate of drug-likeness (QED) is 0.719. The SMILES string of the molecule is Cc1cc(C2CCCN(C(=O)c3cccnc3)C2)n2ncnc2n1. The van der Waals surface area contributed by atoms with Gasteiger partial charge < -0.3 is 4.90 Å². The van der Waals surface area contributed by atoms with Gasteiger partial charge in [-0.05, 0) is 38.0 Å².